The van der Waals surface area contributed by atoms with Gasteiger partial charge in [-0.25, -0.2) is 4.79 Å². The third-order valence-corrected chi connectivity index (χ3v) is 6.31. The summed E-state index contributed by atoms with van der Waals surface area (Å²) in [5.41, 5.74) is 1.97. The third-order valence-electron chi connectivity index (χ3n) is 6.31. The van der Waals surface area contributed by atoms with Gasteiger partial charge in [0.1, 0.15) is 12.4 Å². The zero-order valence-electron chi connectivity index (χ0n) is 20.3. The molecule has 0 aliphatic carbocycles. The topological polar surface area (TPSA) is 95.9 Å². The standard InChI is InChI=1S/C29H30N2O5/c1-20-17-21(12-13-24(20)29(34)35)18-23(28(33)30-14-6-16-31-15-5-11-27(31)32)19-36-26-10-4-8-22-7-2-3-9-25(22)26/h2-4,7-10,12-13,17-18H,5-6,11,14-16,19H2,1H3,(H,30,33)(H,34,35). The molecule has 2 N–H and O–H groups in total. The van der Waals surface area contributed by atoms with Gasteiger partial charge in [0, 0.05) is 31.4 Å². The Morgan fingerprint density at radius 1 is 1.11 bits per heavy atom. The van der Waals surface area contributed by atoms with E-state index in [4.69, 9.17) is 4.74 Å². The van der Waals surface area contributed by atoms with Gasteiger partial charge in [-0.3, -0.25) is 9.59 Å². The van der Waals surface area contributed by atoms with E-state index in [0.29, 0.717) is 48.4 Å². The molecule has 1 aliphatic heterocycles. The molecule has 1 aliphatic rings. The van der Waals surface area contributed by atoms with Gasteiger partial charge >= 0.3 is 5.97 Å². The Bertz CT molecular complexity index is 1310. The number of carbonyl (C=O) groups excluding carboxylic acids is 2. The van der Waals surface area contributed by atoms with Crippen LogP contribution in [0.2, 0.25) is 0 Å². The number of nitrogens with zero attached hydrogens (tertiary/aromatic N) is 1. The predicted molar refractivity (Wildman–Crippen MR) is 139 cm³/mol. The fraction of sp³-hybridized carbons (Fsp3) is 0.276. The minimum absolute atomic E-state index is 0.0458. The predicted octanol–water partition coefficient (Wildman–Crippen LogP) is 4.44. The van der Waals surface area contributed by atoms with Gasteiger partial charge in [-0.15, -0.1) is 0 Å². The molecule has 1 fully saturated rings. The van der Waals surface area contributed by atoms with Crippen LogP contribution in [0.15, 0.2) is 66.2 Å². The molecule has 7 nitrogen and oxygen atoms in total. The van der Waals surface area contributed by atoms with Crippen molar-refractivity contribution in [2.24, 2.45) is 0 Å². The van der Waals surface area contributed by atoms with Gasteiger partial charge in [0.2, 0.25) is 5.91 Å². The van der Waals surface area contributed by atoms with Gasteiger partial charge in [0.05, 0.1) is 11.1 Å². The lowest BCUT2D eigenvalue weighted by Gasteiger charge is -2.16. The van der Waals surface area contributed by atoms with Gasteiger partial charge in [-0.05, 0) is 54.5 Å². The van der Waals surface area contributed by atoms with Crippen LogP contribution in [-0.2, 0) is 9.59 Å². The number of ether oxygens (including phenoxy) is 1. The summed E-state index contributed by atoms with van der Waals surface area (Å²) >= 11 is 0. The quantitative estimate of drug-likeness (QED) is 0.326. The van der Waals surface area contributed by atoms with Crippen molar-refractivity contribution in [2.75, 3.05) is 26.2 Å². The van der Waals surface area contributed by atoms with E-state index in [9.17, 15) is 19.5 Å². The highest BCUT2D eigenvalue weighted by molar-refractivity contribution is 5.98. The second-order valence-electron chi connectivity index (χ2n) is 8.91. The van der Waals surface area contributed by atoms with Crippen LogP contribution < -0.4 is 10.1 Å². The normalized spacial score (nSPS) is 13.8. The van der Waals surface area contributed by atoms with Crippen molar-refractivity contribution in [2.45, 2.75) is 26.2 Å². The molecule has 0 aromatic heterocycles. The van der Waals surface area contributed by atoms with Gasteiger partial charge in [0.25, 0.3) is 5.91 Å². The van der Waals surface area contributed by atoms with Gasteiger partial charge < -0.3 is 20.1 Å². The Morgan fingerprint density at radius 3 is 2.67 bits per heavy atom. The number of aryl methyl sites for hydroxylation is 1. The van der Waals surface area contributed by atoms with E-state index in [-0.39, 0.29) is 24.0 Å². The lowest BCUT2D eigenvalue weighted by atomic mass is 10.0. The summed E-state index contributed by atoms with van der Waals surface area (Å²) in [4.78, 5) is 38.1. The average Bonchev–Trinajstić information content (AvgIpc) is 3.28. The number of carboxylic acid groups (broad SMARTS) is 1. The summed E-state index contributed by atoms with van der Waals surface area (Å²) in [6.07, 6.45) is 3.89. The number of nitrogens with one attached hydrogen (secondary N) is 1. The lowest BCUT2D eigenvalue weighted by Crippen LogP contribution is -2.32. The molecule has 0 spiro atoms. The van der Waals surface area contributed by atoms with E-state index in [0.717, 1.165) is 23.7 Å². The molecule has 0 atom stereocenters. The van der Waals surface area contributed by atoms with Gasteiger partial charge in [-0.2, -0.15) is 0 Å². The molecule has 0 radical (unpaired) electrons. The van der Waals surface area contributed by atoms with E-state index in [1.54, 1.807) is 25.1 Å². The molecule has 0 bridgehead atoms. The fourth-order valence-corrected chi connectivity index (χ4v) is 4.39. The molecule has 1 heterocycles. The summed E-state index contributed by atoms with van der Waals surface area (Å²) in [5, 5.41) is 14.3. The monoisotopic (exact) mass is 486 g/mol. The second-order valence-corrected chi connectivity index (χ2v) is 8.91. The maximum Gasteiger partial charge on any atom is 0.335 e. The zero-order chi connectivity index (χ0) is 25.5. The first-order valence-corrected chi connectivity index (χ1v) is 12.1. The van der Waals surface area contributed by atoms with E-state index in [1.807, 2.05) is 47.4 Å². The first-order valence-electron chi connectivity index (χ1n) is 12.1. The molecule has 3 aromatic rings. The second kappa shape index (κ2) is 11.5. The van der Waals surface area contributed by atoms with Crippen molar-refractivity contribution in [3.63, 3.8) is 0 Å². The number of benzene rings is 3. The zero-order valence-corrected chi connectivity index (χ0v) is 20.3. The van der Waals surface area contributed by atoms with Crippen LogP contribution in [0.1, 0.15) is 40.7 Å². The van der Waals surface area contributed by atoms with Crippen molar-refractivity contribution < 1.29 is 24.2 Å². The van der Waals surface area contributed by atoms with Crippen LogP contribution in [0.3, 0.4) is 0 Å². The van der Waals surface area contributed by atoms with Gasteiger partial charge in [-0.1, -0.05) is 48.5 Å². The maximum atomic E-state index is 13.1. The number of amides is 2. The van der Waals surface area contributed by atoms with Crippen LogP contribution >= 0.6 is 0 Å². The summed E-state index contributed by atoms with van der Waals surface area (Å²) in [5.74, 6) is -0.401. The Kier molecular flexibility index (Phi) is 8.00. The molecule has 2 amide bonds. The molecule has 1 saturated heterocycles. The fourth-order valence-electron chi connectivity index (χ4n) is 4.39. The SMILES string of the molecule is Cc1cc(C=C(COc2cccc3ccccc23)C(=O)NCCCN2CCCC2=O)ccc1C(=O)O. The Labute approximate surface area is 210 Å². The van der Waals surface area contributed by atoms with Gasteiger partial charge in [0.15, 0.2) is 0 Å². The van der Waals surface area contributed by atoms with E-state index in [1.165, 1.54) is 6.07 Å². The first-order chi connectivity index (χ1) is 17.4. The minimum Gasteiger partial charge on any atom is -0.488 e. The highest BCUT2D eigenvalue weighted by Gasteiger charge is 2.19. The largest absolute Gasteiger partial charge is 0.488 e. The molecular weight excluding hydrogens is 456 g/mol. The molecular formula is C29H30N2O5. The minimum atomic E-state index is -0.989. The number of rotatable bonds is 10. The van der Waals surface area contributed by atoms with Crippen molar-refractivity contribution in [1.82, 2.24) is 10.2 Å². The molecule has 3 aromatic carbocycles. The number of carboxylic acids is 1. The average molecular weight is 487 g/mol. The molecule has 36 heavy (non-hydrogen) atoms. The molecule has 0 saturated carbocycles. The number of likely N-dealkylation sites (tertiary alicyclic amines) is 1. The molecule has 7 heteroatoms. The van der Waals surface area contributed by atoms with E-state index in [2.05, 4.69) is 5.32 Å². The van der Waals surface area contributed by atoms with Crippen molar-refractivity contribution >= 4 is 34.6 Å². The van der Waals surface area contributed by atoms with Crippen LogP contribution in [0.4, 0.5) is 0 Å². The number of hydrogen-bond acceptors (Lipinski definition) is 4. The lowest BCUT2D eigenvalue weighted by molar-refractivity contribution is -0.127. The summed E-state index contributed by atoms with van der Waals surface area (Å²) in [7, 11) is 0. The van der Waals surface area contributed by atoms with Crippen LogP contribution in [0.5, 0.6) is 5.75 Å². The Morgan fingerprint density at radius 2 is 1.92 bits per heavy atom. The van der Waals surface area contributed by atoms with Crippen LogP contribution in [-0.4, -0.2) is 54.0 Å². The Balaban J connectivity index is 1.49. The highest BCUT2D eigenvalue weighted by Crippen LogP contribution is 2.26. The number of hydrogen-bond donors (Lipinski definition) is 2. The molecule has 4 rings (SSSR count). The number of fused-ring (bicyclic) bond motifs is 1. The summed E-state index contributed by atoms with van der Waals surface area (Å²) < 4.78 is 6.09. The summed E-state index contributed by atoms with van der Waals surface area (Å²) in [6.45, 7) is 3.62. The first kappa shape index (κ1) is 25.0. The smallest absolute Gasteiger partial charge is 0.335 e. The third kappa shape index (κ3) is 6.10. The molecule has 186 valence electrons. The Hall–Kier alpha value is -4.13. The summed E-state index contributed by atoms with van der Waals surface area (Å²) in [6, 6.07) is 18.6. The van der Waals surface area contributed by atoms with Crippen molar-refractivity contribution in [3.8, 4) is 5.75 Å². The van der Waals surface area contributed by atoms with E-state index >= 15 is 0 Å². The van der Waals surface area contributed by atoms with Crippen molar-refractivity contribution in [3.05, 3.63) is 82.9 Å². The maximum absolute atomic E-state index is 13.1. The number of carbonyl (C=O) groups is 3. The van der Waals surface area contributed by atoms with Crippen LogP contribution in [0, 0.1) is 6.92 Å². The number of aromatic carboxylic acids is 1. The van der Waals surface area contributed by atoms with Crippen LogP contribution in [0.25, 0.3) is 16.8 Å². The highest BCUT2D eigenvalue weighted by atomic mass is 16.5. The van der Waals surface area contributed by atoms with E-state index < -0.39 is 5.97 Å². The van der Waals surface area contributed by atoms with Crippen molar-refractivity contribution in [1.29, 1.82) is 0 Å². The molecule has 0 unspecified atom stereocenters.